The molecule has 34 heavy (non-hydrogen) atoms. The monoisotopic (exact) mass is 495 g/mol. The summed E-state index contributed by atoms with van der Waals surface area (Å²) in [4.78, 5) is 27.7. The van der Waals surface area contributed by atoms with Crippen LogP contribution in [0.15, 0.2) is 42.5 Å². The van der Waals surface area contributed by atoms with E-state index in [4.69, 9.17) is 0 Å². The lowest BCUT2D eigenvalue weighted by atomic mass is 10.1. The number of carbonyl (C=O) groups is 2. The number of halogens is 2. The van der Waals surface area contributed by atoms with Gasteiger partial charge in [0.1, 0.15) is 12.6 Å². The molecular formula is C24H31F2N3O4S. The second-order valence-corrected chi connectivity index (χ2v) is 10.4. The van der Waals surface area contributed by atoms with E-state index in [0.717, 1.165) is 35.6 Å². The van der Waals surface area contributed by atoms with Crippen molar-refractivity contribution < 1.29 is 26.8 Å². The number of anilines is 1. The molecule has 2 aromatic carbocycles. The number of hydrogen-bond donors (Lipinski definition) is 1. The van der Waals surface area contributed by atoms with Gasteiger partial charge in [0.05, 0.1) is 11.9 Å². The van der Waals surface area contributed by atoms with E-state index in [1.54, 1.807) is 20.8 Å². The zero-order chi connectivity index (χ0) is 25.6. The van der Waals surface area contributed by atoms with Crippen LogP contribution in [0, 0.1) is 18.6 Å². The van der Waals surface area contributed by atoms with E-state index in [1.807, 2.05) is 31.2 Å². The fourth-order valence-corrected chi connectivity index (χ4v) is 4.40. The van der Waals surface area contributed by atoms with Gasteiger partial charge in [0, 0.05) is 18.7 Å². The highest BCUT2D eigenvalue weighted by atomic mass is 32.2. The largest absolute Gasteiger partial charge is 0.352 e. The molecule has 0 fully saturated rings. The minimum Gasteiger partial charge on any atom is -0.352 e. The first-order chi connectivity index (χ1) is 15.8. The lowest BCUT2D eigenvalue weighted by Gasteiger charge is -2.33. The number of amides is 2. The summed E-state index contributed by atoms with van der Waals surface area (Å²) in [5.74, 6) is -3.39. The first-order valence-electron chi connectivity index (χ1n) is 10.9. The molecule has 0 spiro atoms. The van der Waals surface area contributed by atoms with Crippen molar-refractivity contribution in [2.75, 3.05) is 17.1 Å². The third-order valence-corrected chi connectivity index (χ3v) is 6.26. The first-order valence-corrected chi connectivity index (χ1v) is 12.8. The van der Waals surface area contributed by atoms with Crippen molar-refractivity contribution in [1.82, 2.24) is 10.2 Å². The van der Waals surface area contributed by atoms with Crippen molar-refractivity contribution in [3.63, 3.8) is 0 Å². The van der Waals surface area contributed by atoms with E-state index < -0.39 is 40.2 Å². The SMILES string of the molecule is CC[C@H](C(=O)NC(C)C)N(Cc1cccc(C)c1)C(=O)CN(c1ccc(F)c(F)c1)S(C)(=O)=O. The number of carbonyl (C=O) groups excluding carboxylic acids is 2. The molecule has 0 aliphatic rings. The summed E-state index contributed by atoms with van der Waals surface area (Å²) in [5.41, 5.74) is 1.54. The van der Waals surface area contributed by atoms with Gasteiger partial charge in [-0.1, -0.05) is 36.8 Å². The van der Waals surface area contributed by atoms with Gasteiger partial charge < -0.3 is 10.2 Å². The van der Waals surface area contributed by atoms with Crippen molar-refractivity contribution in [2.45, 2.75) is 52.7 Å². The topological polar surface area (TPSA) is 86.8 Å². The molecule has 2 rings (SSSR count). The van der Waals surface area contributed by atoms with Crippen LogP contribution in [-0.2, 0) is 26.2 Å². The lowest BCUT2D eigenvalue weighted by molar-refractivity contribution is -0.140. The van der Waals surface area contributed by atoms with Gasteiger partial charge in [-0.15, -0.1) is 0 Å². The highest BCUT2D eigenvalue weighted by Crippen LogP contribution is 2.22. The van der Waals surface area contributed by atoms with E-state index in [0.29, 0.717) is 10.7 Å². The van der Waals surface area contributed by atoms with Crippen LogP contribution in [-0.4, -0.2) is 50.0 Å². The molecule has 2 amide bonds. The maximum atomic E-state index is 13.8. The number of sulfonamides is 1. The van der Waals surface area contributed by atoms with Crippen molar-refractivity contribution in [2.24, 2.45) is 0 Å². The number of benzene rings is 2. The standard InChI is InChI=1S/C24H31F2N3O4S/c1-6-22(24(31)27-16(2)3)28(14-18-9-7-8-17(4)12-18)23(30)15-29(34(5,32)33)19-10-11-20(25)21(26)13-19/h7-13,16,22H,6,14-15H2,1-5H3,(H,27,31)/t22-/m1/s1. The third-order valence-electron chi connectivity index (χ3n) is 5.12. The maximum absolute atomic E-state index is 13.8. The third kappa shape index (κ3) is 7.24. The van der Waals surface area contributed by atoms with E-state index in [9.17, 15) is 26.8 Å². The normalized spacial score (nSPS) is 12.4. The molecule has 0 aliphatic carbocycles. The molecule has 1 atom stereocenters. The Balaban J connectivity index is 2.46. The van der Waals surface area contributed by atoms with E-state index in [2.05, 4.69) is 5.32 Å². The zero-order valence-electron chi connectivity index (χ0n) is 20.0. The van der Waals surface area contributed by atoms with Gasteiger partial charge in [0.25, 0.3) is 0 Å². The van der Waals surface area contributed by atoms with Gasteiger partial charge in [0.15, 0.2) is 11.6 Å². The smallest absolute Gasteiger partial charge is 0.244 e. The molecule has 0 saturated carbocycles. The van der Waals surface area contributed by atoms with Crippen molar-refractivity contribution >= 4 is 27.5 Å². The van der Waals surface area contributed by atoms with E-state index in [1.165, 1.54) is 4.90 Å². The summed E-state index contributed by atoms with van der Waals surface area (Å²) in [6, 6.07) is 8.98. The van der Waals surface area contributed by atoms with Crippen molar-refractivity contribution in [3.05, 3.63) is 65.2 Å². The Kier molecular flexibility index (Phi) is 9.14. The molecule has 2 aromatic rings. The van der Waals surface area contributed by atoms with Crippen LogP contribution >= 0.6 is 0 Å². The Morgan fingerprint density at radius 2 is 1.74 bits per heavy atom. The Labute approximate surface area is 199 Å². The minimum absolute atomic E-state index is 0.0694. The summed E-state index contributed by atoms with van der Waals surface area (Å²) >= 11 is 0. The molecule has 0 aromatic heterocycles. The number of hydrogen-bond acceptors (Lipinski definition) is 4. The molecule has 0 bridgehead atoms. The predicted molar refractivity (Wildman–Crippen MR) is 128 cm³/mol. The second kappa shape index (κ2) is 11.4. The van der Waals surface area contributed by atoms with E-state index in [-0.39, 0.29) is 24.2 Å². The maximum Gasteiger partial charge on any atom is 0.244 e. The number of nitrogens with zero attached hydrogens (tertiary/aromatic N) is 2. The zero-order valence-corrected chi connectivity index (χ0v) is 20.8. The molecular weight excluding hydrogens is 464 g/mol. The first kappa shape index (κ1) is 27.2. The average Bonchev–Trinajstić information content (AvgIpc) is 2.72. The highest BCUT2D eigenvalue weighted by Gasteiger charge is 2.32. The highest BCUT2D eigenvalue weighted by molar-refractivity contribution is 7.92. The molecule has 0 aliphatic heterocycles. The van der Waals surface area contributed by atoms with Crippen LogP contribution in [0.5, 0.6) is 0 Å². The van der Waals surface area contributed by atoms with Crippen LogP contribution < -0.4 is 9.62 Å². The van der Waals surface area contributed by atoms with Gasteiger partial charge in [-0.3, -0.25) is 13.9 Å². The number of nitrogens with one attached hydrogen (secondary N) is 1. The van der Waals surface area contributed by atoms with Crippen LogP contribution in [0.25, 0.3) is 0 Å². The Morgan fingerprint density at radius 3 is 2.26 bits per heavy atom. The van der Waals surface area contributed by atoms with Crippen molar-refractivity contribution in [1.29, 1.82) is 0 Å². The van der Waals surface area contributed by atoms with Crippen LogP contribution in [0.3, 0.4) is 0 Å². The molecule has 0 radical (unpaired) electrons. The van der Waals surface area contributed by atoms with Crippen LogP contribution in [0.4, 0.5) is 14.5 Å². The summed E-state index contributed by atoms with van der Waals surface area (Å²) < 4.78 is 52.9. The molecule has 0 heterocycles. The van der Waals surface area contributed by atoms with E-state index >= 15 is 0 Å². The molecule has 0 unspecified atom stereocenters. The van der Waals surface area contributed by atoms with Crippen molar-refractivity contribution in [3.8, 4) is 0 Å². The van der Waals surface area contributed by atoms with Gasteiger partial charge in [0.2, 0.25) is 21.8 Å². The van der Waals surface area contributed by atoms with Gasteiger partial charge >= 0.3 is 0 Å². The summed E-state index contributed by atoms with van der Waals surface area (Å²) in [6.07, 6.45) is 1.16. The molecule has 7 nitrogen and oxygen atoms in total. The van der Waals surface area contributed by atoms with Gasteiger partial charge in [-0.25, -0.2) is 17.2 Å². The number of rotatable bonds is 10. The predicted octanol–water partition coefficient (Wildman–Crippen LogP) is 3.37. The quantitative estimate of drug-likeness (QED) is 0.548. The molecule has 186 valence electrons. The fraction of sp³-hybridized carbons (Fsp3) is 0.417. The van der Waals surface area contributed by atoms with Gasteiger partial charge in [-0.2, -0.15) is 0 Å². The van der Waals surface area contributed by atoms with Crippen LogP contribution in [0.2, 0.25) is 0 Å². The van der Waals surface area contributed by atoms with Crippen LogP contribution in [0.1, 0.15) is 38.3 Å². The Hall–Kier alpha value is -3.01. The number of aryl methyl sites for hydroxylation is 1. The summed E-state index contributed by atoms with van der Waals surface area (Å²) in [5, 5.41) is 2.80. The summed E-state index contributed by atoms with van der Waals surface area (Å²) in [6.45, 7) is 6.64. The minimum atomic E-state index is -4.03. The average molecular weight is 496 g/mol. The molecule has 0 saturated heterocycles. The lowest BCUT2D eigenvalue weighted by Crippen LogP contribution is -2.53. The fourth-order valence-electron chi connectivity index (χ4n) is 3.56. The Bertz CT molecular complexity index is 1140. The molecule has 10 heteroatoms. The van der Waals surface area contributed by atoms with Gasteiger partial charge in [-0.05, 0) is 44.9 Å². The summed E-state index contributed by atoms with van der Waals surface area (Å²) in [7, 11) is -4.03. The Morgan fingerprint density at radius 1 is 1.06 bits per heavy atom. The molecule has 1 N–H and O–H groups in total. The second-order valence-electron chi connectivity index (χ2n) is 8.47.